The number of rotatable bonds is 7. The molecular weight excluding hydrogens is 400 g/mol. The number of imide groups is 1. The molecule has 3 amide bonds. The Morgan fingerprint density at radius 2 is 1.34 bits per heavy atom. The number of amides is 3. The summed E-state index contributed by atoms with van der Waals surface area (Å²) in [5, 5.41) is 3.06. The largest absolute Gasteiger partial charge is 0.353 e. The molecule has 1 fully saturated rings. The van der Waals surface area contributed by atoms with Crippen molar-refractivity contribution < 1.29 is 14.4 Å². The lowest BCUT2D eigenvalue weighted by Gasteiger charge is -2.27. The molecule has 2 aliphatic rings. The summed E-state index contributed by atoms with van der Waals surface area (Å²) in [6.07, 6.45) is 2.29. The highest BCUT2D eigenvalue weighted by Gasteiger charge is 2.46. The topological polar surface area (TPSA) is 66.5 Å². The van der Waals surface area contributed by atoms with E-state index in [1.807, 2.05) is 48.5 Å². The van der Waals surface area contributed by atoms with Gasteiger partial charge in [-0.3, -0.25) is 19.3 Å². The van der Waals surface area contributed by atoms with Crippen LogP contribution in [0.1, 0.15) is 44.7 Å². The third-order valence-corrected chi connectivity index (χ3v) is 6.55. The Bertz CT molecular complexity index is 1130. The maximum Gasteiger partial charge on any atom is 0.262 e. The van der Waals surface area contributed by atoms with E-state index in [0.717, 1.165) is 23.3 Å². The SMILES string of the molecule is O=C(NCC1(c2ccccc2)CC1)C(Cc1ccccc1)N1C(=O)c2ccccc2C1=O. The quantitative estimate of drug-likeness (QED) is 0.588. The van der Waals surface area contributed by atoms with Gasteiger partial charge in [0.05, 0.1) is 11.1 Å². The normalized spacial score (nSPS) is 17.1. The monoisotopic (exact) mass is 424 g/mol. The van der Waals surface area contributed by atoms with E-state index in [1.54, 1.807) is 24.3 Å². The van der Waals surface area contributed by atoms with E-state index in [-0.39, 0.29) is 17.7 Å². The highest BCUT2D eigenvalue weighted by molar-refractivity contribution is 6.22. The molecule has 1 N–H and O–H groups in total. The number of carbonyl (C=O) groups is 3. The molecule has 1 heterocycles. The molecule has 1 aliphatic carbocycles. The molecule has 3 aromatic carbocycles. The van der Waals surface area contributed by atoms with Gasteiger partial charge in [-0.25, -0.2) is 0 Å². The molecule has 1 saturated carbocycles. The first-order chi connectivity index (χ1) is 15.6. The number of hydrogen-bond donors (Lipinski definition) is 1. The molecule has 3 aromatic rings. The van der Waals surface area contributed by atoms with Gasteiger partial charge in [0.2, 0.25) is 5.91 Å². The third-order valence-electron chi connectivity index (χ3n) is 6.55. The van der Waals surface area contributed by atoms with E-state index in [0.29, 0.717) is 17.7 Å². The highest BCUT2D eigenvalue weighted by Crippen LogP contribution is 2.47. The van der Waals surface area contributed by atoms with E-state index < -0.39 is 17.9 Å². The lowest BCUT2D eigenvalue weighted by atomic mass is 9.95. The number of benzene rings is 3. The van der Waals surface area contributed by atoms with E-state index in [9.17, 15) is 14.4 Å². The van der Waals surface area contributed by atoms with Crippen LogP contribution in [0, 0.1) is 0 Å². The summed E-state index contributed by atoms with van der Waals surface area (Å²) >= 11 is 0. The summed E-state index contributed by atoms with van der Waals surface area (Å²) in [7, 11) is 0. The first-order valence-electron chi connectivity index (χ1n) is 10.9. The maximum absolute atomic E-state index is 13.4. The van der Waals surface area contributed by atoms with E-state index in [4.69, 9.17) is 0 Å². The van der Waals surface area contributed by atoms with Crippen molar-refractivity contribution in [2.24, 2.45) is 0 Å². The van der Waals surface area contributed by atoms with Crippen LogP contribution in [0.15, 0.2) is 84.9 Å². The van der Waals surface area contributed by atoms with Crippen molar-refractivity contribution in [3.63, 3.8) is 0 Å². The molecule has 0 spiro atoms. The van der Waals surface area contributed by atoms with Gasteiger partial charge in [-0.15, -0.1) is 0 Å². The van der Waals surface area contributed by atoms with Gasteiger partial charge in [0, 0.05) is 18.4 Å². The molecule has 5 heteroatoms. The van der Waals surface area contributed by atoms with E-state index >= 15 is 0 Å². The first kappa shape index (κ1) is 20.2. The van der Waals surface area contributed by atoms with Gasteiger partial charge in [0.15, 0.2) is 0 Å². The predicted octanol–water partition coefficient (Wildman–Crippen LogP) is 3.74. The number of fused-ring (bicyclic) bond motifs is 1. The average Bonchev–Trinajstić information content (AvgIpc) is 3.59. The Labute approximate surface area is 187 Å². The minimum atomic E-state index is -0.906. The van der Waals surface area contributed by atoms with Crippen LogP contribution < -0.4 is 5.32 Å². The summed E-state index contributed by atoms with van der Waals surface area (Å²) in [5.41, 5.74) is 2.75. The standard InChI is InChI=1S/C27H24N2O3/c30-24(28-18-27(15-16-27)20-11-5-2-6-12-20)23(17-19-9-3-1-4-10-19)29-25(31)21-13-7-8-14-22(21)26(29)32/h1-14,23H,15-18H2,(H,28,30). The Balaban J connectivity index is 1.40. The molecule has 0 bridgehead atoms. The van der Waals surface area contributed by atoms with Crippen LogP contribution in [0.2, 0.25) is 0 Å². The lowest BCUT2D eigenvalue weighted by Crippen LogP contribution is -2.51. The zero-order valence-corrected chi connectivity index (χ0v) is 17.7. The number of nitrogens with one attached hydrogen (secondary N) is 1. The van der Waals surface area contributed by atoms with Crippen LogP contribution in [-0.4, -0.2) is 35.2 Å². The van der Waals surface area contributed by atoms with Crippen molar-refractivity contribution in [1.82, 2.24) is 10.2 Å². The van der Waals surface area contributed by atoms with Gasteiger partial charge in [-0.2, -0.15) is 0 Å². The lowest BCUT2D eigenvalue weighted by molar-refractivity contribution is -0.125. The Kier molecular flexibility index (Phi) is 5.10. The zero-order chi connectivity index (χ0) is 22.1. The second-order valence-corrected chi connectivity index (χ2v) is 8.60. The van der Waals surface area contributed by atoms with E-state index in [1.165, 1.54) is 5.56 Å². The Hall–Kier alpha value is -3.73. The van der Waals surface area contributed by atoms with Gasteiger partial charge >= 0.3 is 0 Å². The van der Waals surface area contributed by atoms with Crippen molar-refractivity contribution in [3.8, 4) is 0 Å². The summed E-state index contributed by atoms with van der Waals surface area (Å²) in [6.45, 7) is 0.490. The number of hydrogen-bond acceptors (Lipinski definition) is 3. The third kappa shape index (κ3) is 3.60. The summed E-state index contributed by atoms with van der Waals surface area (Å²) in [5.74, 6) is -1.12. The minimum Gasteiger partial charge on any atom is -0.353 e. The molecule has 0 radical (unpaired) electrons. The number of carbonyl (C=O) groups excluding carboxylic acids is 3. The molecule has 32 heavy (non-hydrogen) atoms. The molecule has 1 atom stereocenters. The van der Waals surface area contributed by atoms with Crippen molar-refractivity contribution in [2.45, 2.75) is 30.7 Å². The number of nitrogens with zero attached hydrogens (tertiary/aromatic N) is 1. The molecule has 160 valence electrons. The fraction of sp³-hybridized carbons (Fsp3) is 0.222. The van der Waals surface area contributed by atoms with Crippen LogP contribution in [0.4, 0.5) is 0 Å². The van der Waals surface area contributed by atoms with Crippen molar-refractivity contribution in [1.29, 1.82) is 0 Å². The Morgan fingerprint density at radius 1 is 0.812 bits per heavy atom. The Morgan fingerprint density at radius 3 is 1.91 bits per heavy atom. The highest BCUT2D eigenvalue weighted by atomic mass is 16.2. The van der Waals surface area contributed by atoms with Crippen molar-refractivity contribution >= 4 is 17.7 Å². The smallest absolute Gasteiger partial charge is 0.262 e. The predicted molar refractivity (Wildman–Crippen MR) is 121 cm³/mol. The molecule has 0 saturated heterocycles. The summed E-state index contributed by atoms with van der Waals surface area (Å²) in [6, 6.07) is 25.5. The summed E-state index contributed by atoms with van der Waals surface area (Å²) in [4.78, 5) is 40.8. The molecule has 5 rings (SSSR count). The molecule has 1 unspecified atom stereocenters. The zero-order valence-electron chi connectivity index (χ0n) is 17.7. The van der Waals surface area contributed by atoms with Gasteiger partial charge in [0.1, 0.15) is 6.04 Å². The first-order valence-corrected chi connectivity index (χ1v) is 10.9. The van der Waals surface area contributed by atoms with Gasteiger partial charge in [0.25, 0.3) is 11.8 Å². The maximum atomic E-state index is 13.4. The van der Waals surface area contributed by atoms with Gasteiger partial charge < -0.3 is 5.32 Å². The van der Waals surface area contributed by atoms with Gasteiger partial charge in [-0.05, 0) is 36.1 Å². The van der Waals surface area contributed by atoms with Crippen LogP contribution in [-0.2, 0) is 16.6 Å². The van der Waals surface area contributed by atoms with Crippen molar-refractivity contribution in [2.75, 3.05) is 6.54 Å². The second kappa shape index (κ2) is 8.08. The fourth-order valence-electron chi connectivity index (χ4n) is 4.51. The molecular formula is C27H24N2O3. The molecule has 0 aromatic heterocycles. The van der Waals surface area contributed by atoms with Crippen LogP contribution in [0.3, 0.4) is 0 Å². The fourth-order valence-corrected chi connectivity index (χ4v) is 4.51. The van der Waals surface area contributed by atoms with Crippen LogP contribution >= 0.6 is 0 Å². The summed E-state index contributed by atoms with van der Waals surface area (Å²) < 4.78 is 0. The van der Waals surface area contributed by atoms with E-state index in [2.05, 4.69) is 17.4 Å². The molecule has 1 aliphatic heterocycles. The van der Waals surface area contributed by atoms with Crippen molar-refractivity contribution in [3.05, 3.63) is 107 Å². The molecule has 5 nitrogen and oxygen atoms in total. The minimum absolute atomic E-state index is 0.0593. The van der Waals surface area contributed by atoms with Gasteiger partial charge in [-0.1, -0.05) is 72.8 Å². The average molecular weight is 425 g/mol. The van der Waals surface area contributed by atoms with Crippen LogP contribution in [0.5, 0.6) is 0 Å². The van der Waals surface area contributed by atoms with Crippen LogP contribution in [0.25, 0.3) is 0 Å². The second-order valence-electron chi connectivity index (χ2n) is 8.60.